The summed E-state index contributed by atoms with van der Waals surface area (Å²) in [5.41, 5.74) is 6.95. The van der Waals surface area contributed by atoms with Gasteiger partial charge < -0.3 is 5.32 Å². The fourth-order valence-electron chi connectivity index (χ4n) is 4.51. The van der Waals surface area contributed by atoms with Crippen LogP contribution in [-0.4, -0.2) is 41.4 Å². The Kier molecular flexibility index (Phi) is 3.24. The molecule has 0 amide bonds. The van der Waals surface area contributed by atoms with Crippen LogP contribution < -0.4 is 5.32 Å². The van der Waals surface area contributed by atoms with Crippen LogP contribution in [0, 0.1) is 13.8 Å². The largest absolute Gasteiger partial charge is 0.311 e. The lowest BCUT2D eigenvalue weighted by atomic mass is 9.98. The van der Waals surface area contributed by atoms with E-state index in [9.17, 15) is 0 Å². The van der Waals surface area contributed by atoms with Crippen LogP contribution in [-0.2, 0) is 0 Å². The van der Waals surface area contributed by atoms with Crippen LogP contribution >= 0.6 is 0 Å². The maximum absolute atomic E-state index is 4.87. The lowest BCUT2D eigenvalue weighted by molar-refractivity contribution is 0.272. The Bertz CT molecular complexity index is 1210. The van der Waals surface area contributed by atoms with Gasteiger partial charge in [-0.3, -0.25) is 4.68 Å². The second-order valence-electron chi connectivity index (χ2n) is 8.43. The quantitative estimate of drug-likeness (QED) is 0.584. The SMILES string of the molecule is Cc1cn2nc(-c3ccc4nn([C@H]5CCNC6(CC6)C5)cc4n3)cc(C)c2n1. The summed E-state index contributed by atoms with van der Waals surface area (Å²) in [6, 6.07) is 6.60. The Morgan fingerprint density at radius 3 is 2.79 bits per heavy atom. The molecule has 0 radical (unpaired) electrons. The fraction of sp³-hybridized carbons (Fsp3) is 0.429. The highest BCUT2D eigenvalue weighted by atomic mass is 15.3. The van der Waals surface area contributed by atoms with E-state index in [1.165, 1.54) is 19.3 Å². The number of nitrogens with zero attached hydrogens (tertiary/aromatic N) is 6. The van der Waals surface area contributed by atoms with E-state index in [2.05, 4.69) is 40.2 Å². The van der Waals surface area contributed by atoms with Crippen molar-refractivity contribution in [2.45, 2.75) is 51.1 Å². The molecule has 2 aliphatic rings. The molecule has 7 heteroatoms. The minimum Gasteiger partial charge on any atom is -0.311 e. The number of piperidine rings is 1. The average Bonchev–Trinajstić information content (AvgIpc) is 3.13. The van der Waals surface area contributed by atoms with E-state index in [0.717, 1.165) is 52.3 Å². The Morgan fingerprint density at radius 1 is 1.04 bits per heavy atom. The second kappa shape index (κ2) is 5.61. The molecule has 1 N–H and O–H groups in total. The number of fused-ring (bicyclic) bond motifs is 2. The van der Waals surface area contributed by atoms with Gasteiger partial charge in [0.25, 0.3) is 0 Å². The molecule has 6 rings (SSSR count). The van der Waals surface area contributed by atoms with Gasteiger partial charge in [-0.05, 0) is 69.8 Å². The van der Waals surface area contributed by atoms with Crippen LogP contribution in [0.3, 0.4) is 0 Å². The van der Waals surface area contributed by atoms with Crippen LogP contribution in [0.25, 0.3) is 28.1 Å². The lowest BCUT2D eigenvalue weighted by Crippen LogP contribution is -2.40. The van der Waals surface area contributed by atoms with Crippen molar-refractivity contribution in [3.05, 3.63) is 41.9 Å². The molecular formula is C21H23N7. The van der Waals surface area contributed by atoms with Gasteiger partial charge in [0, 0.05) is 5.54 Å². The van der Waals surface area contributed by atoms with E-state index in [0.29, 0.717) is 11.6 Å². The predicted molar refractivity (Wildman–Crippen MR) is 107 cm³/mol. The van der Waals surface area contributed by atoms with Gasteiger partial charge in [0.2, 0.25) is 0 Å². The number of imidazole rings is 1. The maximum atomic E-state index is 4.87. The van der Waals surface area contributed by atoms with Crippen molar-refractivity contribution < 1.29 is 0 Å². The van der Waals surface area contributed by atoms with Gasteiger partial charge in [0.15, 0.2) is 5.65 Å². The van der Waals surface area contributed by atoms with E-state index >= 15 is 0 Å². The molecule has 2 fully saturated rings. The summed E-state index contributed by atoms with van der Waals surface area (Å²) in [4.78, 5) is 9.40. The van der Waals surface area contributed by atoms with Crippen LogP contribution in [0.4, 0.5) is 0 Å². The molecular weight excluding hydrogens is 350 g/mol. The number of aromatic nitrogens is 6. The standard InChI is InChI=1S/C21H23N7/c1-13-9-18(26-28-11-14(2)23-20(13)28)16-3-4-17-19(24-16)12-27(25-17)15-5-8-22-21(10-15)6-7-21/h3-4,9,11-12,15,22H,5-8,10H2,1-2H3/t15-/m0/s1. The zero-order valence-electron chi connectivity index (χ0n) is 16.2. The fourth-order valence-corrected chi connectivity index (χ4v) is 4.51. The van der Waals surface area contributed by atoms with Crippen LogP contribution in [0.1, 0.15) is 43.0 Å². The molecule has 1 aliphatic heterocycles. The topological polar surface area (TPSA) is 72.9 Å². The summed E-state index contributed by atoms with van der Waals surface area (Å²) in [5.74, 6) is 0. The first-order valence-electron chi connectivity index (χ1n) is 10.0. The van der Waals surface area contributed by atoms with Crippen molar-refractivity contribution in [2.24, 2.45) is 0 Å². The average molecular weight is 373 g/mol. The van der Waals surface area contributed by atoms with Crippen LogP contribution in [0.15, 0.2) is 30.6 Å². The summed E-state index contributed by atoms with van der Waals surface area (Å²) < 4.78 is 3.99. The van der Waals surface area contributed by atoms with Gasteiger partial charge in [-0.25, -0.2) is 14.5 Å². The summed E-state index contributed by atoms with van der Waals surface area (Å²) in [6.07, 6.45) is 8.96. The highest BCUT2D eigenvalue weighted by molar-refractivity contribution is 5.77. The molecule has 0 aromatic carbocycles. The summed E-state index contributed by atoms with van der Waals surface area (Å²) in [5, 5.41) is 13.2. The number of aryl methyl sites for hydroxylation is 2. The third-order valence-electron chi connectivity index (χ3n) is 6.20. The highest BCUT2D eigenvalue weighted by Crippen LogP contribution is 2.45. The van der Waals surface area contributed by atoms with Gasteiger partial charge >= 0.3 is 0 Å². The highest BCUT2D eigenvalue weighted by Gasteiger charge is 2.46. The third kappa shape index (κ3) is 2.53. The number of nitrogens with one attached hydrogen (secondary N) is 1. The molecule has 1 aliphatic carbocycles. The Morgan fingerprint density at radius 2 is 1.93 bits per heavy atom. The zero-order valence-corrected chi connectivity index (χ0v) is 16.2. The number of rotatable bonds is 2. The third-order valence-corrected chi connectivity index (χ3v) is 6.20. The van der Waals surface area contributed by atoms with Gasteiger partial charge in [-0.2, -0.15) is 10.2 Å². The molecule has 1 spiro atoms. The zero-order chi connectivity index (χ0) is 18.9. The van der Waals surface area contributed by atoms with Crippen LogP contribution in [0.5, 0.6) is 0 Å². The molecule has 4 aromatic heterocycles. The van der Waals surface area contributed by atoms with Gasteiger partial charge in [0.05, 0.1) is 29.8 Å². The number of hydrogen-bond donors (Lipinski definition) is 1. The first-order chi connectivity index (χ1) is 13.6. The summed E-state index contributed by atoms with van der Waals surface area (Å²) >= 11 is 0. The van der Waals surface area contributed by atoms with Crippen molar-refractivity contribution in [3.63, 3.8) is 0 Å². The Balaban J connectivity index is 1.38. The molecule has 142 valence electrons. The molecule has 4 aromatic rings. The van der Waals surface area contributed by atoms with E-state index in [1.54, 1.807) is 0 Å². The van der Waals surface area contributed by atoms with Crippen molar-refractivity contribution in [3.8, 4) is 11.4 Å². The van der Waals surface area contributed by atoms with E-state index in [4.69, 9.17) is 15.2 Å². The molecule has 1 saturated heterocycles. The monoisotopic (exact) mass is 373 g/mol. The van der Waals surface area contributed by atoms with Crippen molar-refractivity contribution in [1.29, 1.82) is 0 Å². The first kappa shape index (κ1) is 16.2. The molecule has 0 unspecified atom stereocenters. The van der Waals surface area contributed by atoms with Crippen molar-refractivity contribution in [1.82, 2.24) is 34.7 Å². The molecule has 1 atom stereocenters. The van der Waals surface area contributed by atoms with E-state index < -0.39 is 0 Å². The molecule has 0 bridgehead atoms. The van der Waals surface area contributed by atoms with E-state index in [1.807, 2.05) is 23.7 Å². The minimum absolute atomic E-state index is 0.388. The van der Waals surface area contributed by atoms with E-state index in [-0.39, 0.29) is 0 Å². The lowest BCUT2D eigenvalue weighted by Gasteiger charge is -2.30. The molecule has 7 nitrogen and oxygen atoms in total. The summed E-state index contributed by atoms with van der Waals surface area (Å²) in [6.45, 7) is 5.13. The van der Waals surface area contributed by atoms with Gasteiger partial charge in [-0.15, -0.1) is 0 Å². The normalized spacial score (nSPS) is 21.0. The number of pyridine rings is 1. The molecule has 1 saturated carbocycles. The maximum Gasteiger partial charge on any atom is 0.156 e. The molecule has 5 heterocycles. The van der Waals surface area contributed by atoms with Gasteiger partial charge in [0.1, 0.15) is 16.7 Å². The van der Waals surface area contributed by atoms with Crippen molar-refractivity contribution in [2.75, 3.05) is 6.54 Å². The Hall–Kier alpha value is -2.80. The van der Waals surface area contributed by atoms with Gasteiger partial charge in [-0.1, -0.05) is 0 Å². The smallest absolute Gasteiger partial charge is 0.156 e. The minimum atomic E-state index is 0.388. The molecule has 28 heavy (non-hydrogen) atoms. The van der Waals surface area contributed by atoms with Crippen LogP contribution in [0.2, 0.25) is 0 Å². The first-order valence-corrected chi connectivity index (χ1v) is 10.0. The predicted octanol–water partition coefficient (Wildman–Crippen LogP) is 3.21. The summed E-state index contributed by atoms with van der Waals surface area (Å²) in [7, 11) is 0. The number of hydrogen-bond acceptors (Lipinski definition) is 5. The van der Waals surface area contributed by atoms with Crippen molar-refractivity contribution >= 4 is 16.7 Å². The second-order valence-corrected chi connectivity index (χ2v) is 8.43. The Labute approximate surface area is 162 Å².